The van der Waals surface area contributed by atoms with E-state index >= 15 is 0 Å². The molecule has 1 aromatic rings. The second-order valence-corrected chi connectivity index (χ2v) is 6.07. The van der Waals surface area contributed by atoms with E-state index in [1.807, 2.05) is 0 Å². The normalized spacial score (nSPS) is 27.9. The molecule has 2 aliphatic rings. The first-order chi connectivity index (χ1) is 8.74. The standard InChI is InChI=1S/C14H17BrN2O/c15-11-5-3-10(4-6-11)9-17-7-1-2-12-13(17)8-16-14(12)18/h3-6,12-13H,1-2,7-9H2,(H,16,18). The number of hydrogen-bond donors (Lipinski definition) is 1. The summed E-state index contributed by atoms with van der Waals surface area (Å²) in [6, 6.07) is 8.86. The minimum atomic E-state index is 0.217. The second kappa shape index (κ2) is 5.02. The van der Waals surface area contributed by atoms with E-state index < -0.39 is 0 Å². The average Bonchev–Trinajstić information content (AvgIpc) is 2.76. The molecule has 2 fully saturated rings. The molecular formula is C14H17BrN2O. The molecule has 18 heavy (non-hydrogen) atoms. The van der Waals surface area contributed by atoms with Crippen LogP contribution in [0.15, 0.2) is 28.7 Å². The van der Waals surface area contributed by atoms with E-state index in [2.05, 4.69) is 50.4 Å². The third-order valence-corrected chi connectivity index (χ3v) is 4.54. The number of benzene rings is 1. The number of nitrogens with zero attached hydrogens (tertiary/aromatic N) is 1. The zero-order chi connectivity index (χ0) is 12.5. The Hall–Kier alpha value is -0.870. The van der Waals surface area contributed by atoms with E-state index in [-0.39, 0.29) is 11.8 Å². The summed E-state index contributed by atoms with van der Waals surface area (Å²) in [5.41, 5.74) is 1.32. The molecule has 1 amide bonds. The maximum Gasteiger partial charge on any atom is 0.224 e. The molecule has 4 heteroatoms. The van der Waals surface area contributed by atoms with Crippen molar-refractivity contribution in [2.45, 2.75) is 25.4 Å². The van der Waals surface area contributed by atoms with Gasteiger partial charge in [0.2, 0.25) is 5.91 Å². The summed E-state index contributed by atoms with van der Waals surface area (Å²) < 4.78 is 1.11. The summed E-state index contributed by atoms with van der Waals surface area (Å²) in [5.74, 6) is 0.467. The number of carbonyl (C=O) groups excluding carboxylic acids is 1. The lowest BCUT2D eigenvalue weighted by atomic mass is 9.91. The number of carbonyl (C=O) groups is 1. The highest BCUT2D eigenvalue weighted by Crippen LogP contribution is 2.28. The third kappa shape index (κ3) is 2.31. The summed E-state index contributed by atoms with van der Waals surface area (Å²) in [6.07, 6.45) is 2.18. The van der Waals surface area contributed by atoms with Crippen LogP contribution in [0, 0.1) is 5.92 Å². The maximum absolute atomic E-state index is 11.7. The van der Waals surface area contributed by atoms with Gasteiger partial charge in [-0.1, -0.05) is 28.1 Å². The van der Waals surface area contributed by atoms with Crippen LogP contribution in [0.1, 0.15) is 18.4 Å². The highest BCUT2D eigenvalue weighted by molar-refractivity contribution is 9.10. The lowest BCUT2D eigenvalue weighted by Gasteiger charge is -2.35. The summed E-state index contributed by atoms with van der Waals surface area (Å²) in [5, 5.41) is 3.00. The number of amides is 1. The van der Waals surface area contributed by atoms with Gasteiger partial charge in [0, 0.05) is 23.6 Å². The van der Waals surface area contributed by atoms with Crippen molar-refractivity contribution in [1.29, 1.82) is 0 Å². The molecule has 0 bridgehead atoms. The Bertz CT molecular complexity index is 446. The van der Waals surface area contributed by atoms with E-state index in [0.29, 0.717) is 6.04 Å². The van der Waals surface area contributed by atoms with Crippen molar-refractivity contribution in [3.8, 4) is 0 Å². The first-order valence-electron chi connectivity index (χ1n) is 6.50. The van der Waals surface area contributed by atoms with Crippen LogP contribution in [0.2, 0.25) is 0 Å². The SMILES string of the molecule is O=C1NCC2C1CCCN2Cc1ccc(Br)cc1. The van der Waals surface area contributed by atoms with Crippen LogP contribution in [0.25, 0.3) is 0 Å². The average molecular weight is 309 g/mol. The molecule has 0 spiro atoms. The minimum absolute atomic E-state index is 0.217. The number of hydrogen-bond acceptors (Lipinski definition) is 2. The summed E-state index contributed by atoms with van der Waals surface area (Å²) in [4.78, 5) is 14.2. The van der Waals surface area contributed by atoms with E-state index in [1.165, 1.54) is 5.56 Å². The molecular weight excluding hydrogens is 292 g/mol. The number of halogens is 1. The molecule has 0 aliphatic carbocycles. The number of likely N-dealkylation sites (tertiary alicyclic amines) is 1. The first kappa shape index (κ1) is 12.2. The van der Waals surface area contributed by atoms with Crippen LogP contribution in [0.4, 0.5) is 0 Å². The molecule has 2 aliphatic heterocycles. The predicted molar refractivity (Wildman–Crippen MR) is 74.1 cm³/mol. The Kier molecular flexibility index (Phi) is 3.39. The zero-order valence-corrected chi connectivity index (χ0v) is 11.8. The largest absolute Gasteiger partial charge is 0.354 e. The predicted octanol–water partition coefficient (Wildman–Crippen LogP) is 2.16. The summed E-state index contributed by atoms with van der Waals surface area (Å²) in [6.45, 7) is 2.87. The van der Waals surface area contributed by atoms with Crippen molar-refractivity contribution < 1.29 is 4.79 Å². The van der Waals surface area contributed by atoms with Crippen molar-refractivity contribution in [3.63, 3.8) is 0 Å². The van der Waals surface area contributed by atoms with Crippen LogP contribution in [0.5, 0.6) is 0 Å². The summed E-state index contributed by atoms with van der Waals surface area (Å²) in [7, 11) is 0. The highest BCUT2D eigenvalue weighted by Gasteiger charge is 2.40. The quantitative estimate of drug-likeness (QED) is 0.908. The van der Waals surface area contributed by atoms with E-state index in [0.717, 1.165) is 36.9 Å². The van der Waals surface area contributed by atoms with Gasteiger partial charge in [-0.25, -0.2) is 0 Å². The maximum atomic E-state index is 11.7. The minimum Gasteiger partial charge on any atom is -0.354 e. The second-order valence-electron chi connectivity index (χ2n) is 5.16. The Labute approximate surface area is 116 Å². The van der Waals surface area contributed by atoms with E-state index in [9.17, 15) is 4.79 Å². The molecule has 96 valence electrons. The van der Waals surface area contributed by atoms with Gasteiger partial charge in [0.25, 0.3) is 0 Å². The molecule has 3 nitrogen and oxygen atoms in total. The molecule has 2 atom stereocenters. The van der Waals surface area contributed by atoms with Gasteiger partial charge in [0.15, 0.2) is 0 Å². The van der Waals surface area contributed by atoms with Gasteiger partial charge in [-0.3, -0.25) is 9.69 Å². The fourth-order valence-electron chi connectivity index (χ4n) is 3.06. The molecule has 2 heterocycles. The van der Waals surface area contributed by atoms with Gasteiger partial charge in [-0.05, 0) is 37.1 Å². The van der Waals surface area contributed by atoms with Crippen molar-refractivity contribution in [2.24, 2.45) is 5.92 Å². The van der Waals surface area contributed by atoms with Crippen molar-refractivity contribution in [2.75, 3.05) is 13.1 Å². The molecule has 3 rings (SSSR count). The lowest BCUT2D eigenvalue weighted by Crippen LogP contribution is -2.44. The van der Waals surface area contributed by atoms with Crippen LogP contribution in [0.3, 0.4) is 0 Å². The topological polar surface area (TPSA) is 32.3 Å². The Morgan fingerprint density at radius 3 is 2.89 bits per heavy atom. The van der Waals surface area contributed by atoms with Crippen molar-refractivity contribution in [1.82, 2.24) is 10.2 Å². The molecule has 0 aromatic heterocycles. The van der Waals surface area contributed by atoms with Crippen molar-refractivity contribution in [3.05, 3.63) is 34.3 Å². The molecule has 1 aromatic carbocycles. The number of rotatable bonds is 2. The van der Waals surface area contributed by atoms with E-state index in [4.69, 9.17) is 0 Å². The van der Waals surface area contributed by atoms with Crippen molar-refractivity contribution >= 4 is 21.8 Å². The van der Waals surface area contributed by atoms with Crippen LogP contribution < -0.4 is 5.32 Å². The molecule has 0 radical (unpaired) electrons. The van der Waals surface area contributed by atoms with Gasteiger partial charge in [-0.2, -0.15) is 0 Å². The van der Waals surface area contributed by atoms with Gasteiger partial charge in [0.1, 0.15) is 0 Å². The van der Waals surface area contributed by atoms with Gasteiger partial charge >= 0.3 is 0 Å². The fourth-order valence-corrected chi connectivity index (χ4v) is 3.33. The fraction of sp³-hybridized carbons (Fsp3) is 0.500. The Morgan fingerprint density at radius 2 is 2.11 bits per heavy atom. The van der Waals surface area contributed by atoms with E-state index in [1.54, 1.807) is 0 Å². The first-order valence-corrected chi connectivity index (χ1v) is 7.29. The molecule has 2 unspecified atom stereocenters. The Balaban J connectivity index is 1.72. The third-order valence-electron chi connectivity index (χ3n) is 4.02. The summed E-state index contributed by atoms with van der Waals surface area (Å²) >= 11 is 3.46. The monoisotopic (exact) mass is 308 g/mol. The van der Waals surface area contributed by atoms with Gasteiger partial charge in [-0.15, -0.1) is 0 Å². The van der Waals surface area contributed by atoms with Crippen LogP contribution in [-0.2, 0) is 11.3 Å². The zero-order valence-electron chi connectivity index (χ0n) is 10.2. The molecule has 2 saturated heterocycles. The smallest absolute Gasteiger partial charge is 0.224 e. The number of nitrogens with one attached hydrogen (secondary N) is 1. The molecule has 1 N–H and O–H groups in total. The Morgan fingerprint density at radius 1 is 1.33 bits per heavy atom. The number of fused-ring (bicyclic) bond motifs is 1. The number of piperidine rings is 1. The van der Waals surface area contributed by atoms with Gasteiger partial charge in [0.05, 0.1) is 5.92 Å². The van der Waals surface area contributed by atoms with Crippen LogP contribution in [-0.4, -0.2) is 29.9 Å². The van der Waals surface area contributed by atoms with Crippen LogP contribution >= 0.6 is 15.9 Å². The highest BCUT2D eigenvalue weighted by atomic mass is 79.9. The van der Waals surface area contributed by atoms with Gasteiger partial charge < -0.3 is 5.32 Å². The lowest BCUT2D eigenvalue weighted by molar-refractivity contribution is -0.124. The molecule has 0 saturated carbocycles.